The molecule has 6 nitrogen and oxygen atoms in total. The lowest BCUT2D eigenvalue weighted by molar-refractivity contribution is 0.560. The number of nitrogens with two attached hydrogens (primary N) is 1. The zero-order chi connectivity index (χ0) is 14.8. The minimum atomic E-state index is -3.58. The van der Waals surface area contributed by atoms with Crippen molar-refractivity contribution < 1.29 is 12.8 Å². The molecule has 0 aliphatic heterocycles. The number of rotatable bonds is 5. The molecule has 108 valence electrons. The third-order valence-electron chi connectivity index (χ3n) is 2.79. The molecule has 0 aliphatic carbocycles. The van der Waals surface area contributed by atoms with E-state index in [0.29, 0.717) is 17.4 Å². The lowest BCUT2D eigenvalue weighted by Crippen LogP contribution is -2.29. The minimum Gasteiger partial charge on any atom is -0.423 e. The molecule has 1 heterocycles. The molecule has 0 saturated carbocycles. The number of nitrogens with one attached hydrogen (secondary N) is 1. The fraction of sp³-hybridized carbons (Fsp3) is 0.308. The Kier molecular flexibility index (Phi) is 4.22. The molecule has 0 fully saturated rings. The second kappa shape index (κ2) is 5.74. The SMILES string of the molecule is CC(N)CCNS(=O)(=O)c1ccc2oc(=O)ccc2c1. The van der Waals surface area contributed by atoms with Crippen LogP contribution >= 0.6 is 0 Å². The van der Waals surface area contributed by atoms with E-state index in [9.17, 15) is 13.2 Å². The van der Waals surface area contributed by atoms with Gasteiger partial charge in [0.1, 0.15) is 5.58 Å². The zero-order valence-electron chi connectivity index (χ0n) is 11.0. The van der Waals surface area contributed by atoms with E-state index >= 15 is 0 Å². The molecule has 0 bridgehead atoms. The molecule has 1 aromatic carbocycles. The maximum absolute atomic E-state index is 12.1. The van der Waals surface area contributed by atoms with Gasteiger partial charge in [-0.3, -0.25) is 0 Å². The van der Waals surface area contributed by atoms with Gasteiger partial charge >= 0.3 is 5.63 Å². The molecular weight excluding hydrogens is 280 g/mol. The molecule has 7 heteroatoms. The Labute approximate surface area is 116 Å². The summed E-state index contributed by atoms with van der Waals surface area (Å²) in [5.74, 6) is 0. The predicted octanol–water partition coefficient (Wildman–Crippen LogP) is 0.809. The Morgan fingerprint density at radius 2 is 2.05 bits per heavy atom. The van der Waals surface area contributed by atoms with Crippen molar-refractivity contribution in [3.05, 3.63) is 40.8 Å². The summed E-state index contributed by atoms with van der Waals surface area (Å²) in [6.45, 7) is 2.09. The first-order chi connectivity index (χ1) is 9.38. The Bertz CT molecular complexity index is 765. The molecule has 20 heavy (non-hydrogen) atoms. The van der Waals surface area contributed by atoms with Crippen LogP contribution in [0.5, 0.6) is 0 Å². The number of sulfonamides is 1. The van der Waals surface area contributed by atoms with Crippen molar-refractivity contribution in [2.75, 3.05) is 6.54 Å². The van der Waals surface area contributed by atoms with Crippen LogP contribution in [0.1, 0.15) is 13.3 Å². The average molecular weight is 296 g/mol. The molecule has 0 amide bonds. The highest BCUT2D eigenvalue weighted by Gasteiger charge is 2.14. The first-order valence-corrected chi connectivity index (χ1v) is 7.66. The van der Waals surface area contributed by atoms with Crippen LogP contribution in [0.4, 0.5) is 0 Å². The monoisotopic (exact) mass is 296 g/mol. The van der Waals surface area contributed by atoms with Gasteiger partial charge in [0.2, 0.25) is 10.0 Å². The van der Waals surface area contributed by atoms with Crippen molar-refractivity contribution in [2.24, 2.45) is 5.73 Å². The van der Waals surface area contributed by atoms with E-state index in [-0.39, 0.29) is 17.5 Å². The maximum Gasteiger partial charge on any atom is 0.336 e. The van der Waals surface area contributed by atoms with Gasteiger partial charge in [-0.25, -0.2) is 17.9 Å². The van der Waals surface area contributed by atoms with Gasteiger partial charge in [0.05, 0.1) is 4.90 Å². The van der Waals surface area contributed by atoms with Crippen LogP contribution in [0.2, 0.25) is 0 Å². The number of benzene rings is 1. The summed E-state index contributed by atoms with van der Waals surface area (Å²) >= 11 is 0. The Hall–Kier alpha value is -1.70. The van der Waals surface area contributed by atoms with E-state index < -0.39 is 15.6 Å². The smallest absolute Gasteiger partial charge is 0.336 e. The Balaban J connectivity index is 2.28. The first kappa shape index (κ1) is 14.7. The van der Waals surface area contributed by atoms with Gasteiger partial charge in [-0.05, 0) is 37.6 Å². The predicted molar refractivity (Wildman–Crippen MR) is 75.9 cm³/mol. The molecule has 0 spiro atoms. The van der Waals surface area contributed by atoms with Crippen molar-refractivity contribution in [2.45, 2.75) is 24.3 Å². The molecule has 0 aliphatic rings. The molecular formula is C13H16N2O4S. The van der Waals surface area contributed by atoms with Gasteiger partial charge in [-0.2, -0.15) is 0 Å². The summed E-state index contributed by atoms with van der Waals surface area (Å²) in [5, 5.41) is 0.555. The van der Waals surface area contributed by atoms with Crippen LogP contribution in [-0.2, 0) is 10.0 Å². The highest BCUT2D eigenvalue weighted by Crippen LogP contribution is 2.17. The molecule has 2 rings (SSSR count). The van der Waals surface area contributed by atoms with Crippen molar-refractivity contribution in [3.63, 3.8) is 0 Å². The molecule has 0 saturated heterocycles. The fourth-order valence-electron chi connectivity index (χ4n) is 1.72. The molecule has 1 atom stereocenters. The largest absolute Gasteiger partial charge is 0.423 e. The standard InChI is InChI=1S/C13H16N2O4S/c1-9(14)6-7-15-20(17,18)11-3-4-12-10(8-11)2-5-13(16)19-12/h2-5,8-9,15H,6-7,14H2,1H3. The fourth-order valence-corrected chi connectivity index (χ4v) is 2.80. The van der Waals surface area contributed by atoms with Gasteiger partial charge in [0.25, 0.3) is 0 Å². The van der Waals surface area contributed by atoms with Gasteiger partial charge in [-0.15, -0.1) is 0 Å². The van der Waals surface area contributed by atoms with Crippen LogP contribution < -0.4 is 16.1 Å². The van der Waals surface area contributed by atoms with Crippen LogP contribution in [0, 0.1) is 0 Å². The lowest BCUT2D eigenvalue weighted by Gasteiger charge is -2.08. The highest BCUT2D eigenvalue weighted by molar-refractivity contribution is 7.89. The van der Waals surface area contributed by atoms with E-state index in [0.717, 1.165) is 0 Å². The highest BCUT2D eigenvalue weighted by atomic mass is 32.2. The number of fused-ring (bicyclic) bond motifs is 1. The average Bonchev–Trinajstić information content (AvgIpc) is 2.37. The zero-order valence-corrected chi connectivity index (χ0v) is 11.8. The van der Waals surface area contributed by atoms with Gasteiger partial charge in [0.15, 0.2) is 0 Å². The normalized spacial score (nSPS) is 13.5. The second-order valence-corrected chi connectivity index (χ2v) is 6.38. The number of hydrogen-bond acceptors (Lipinski definition) is 5. The van der Waals surface area contributed by atoms with Crippen molar-refractivity contribution in [1.29, 1.82) is 0 Å². The first-order valence-electron chi connectivity index (χ1n) is 6.18. The van der Waals surface area contributed by atoms with E-state index in [2.05, 4.69) is 4.72 Å². The summed E-state index contributed by atoms with van der Waals surface area (Å²) in [6.07, 6.45) is 0.557. The topological polar surface area (TPSA) is 102 Å². The quantitative estimate of drug-likeness (QED) is 0.795. The third kappa shape index (κ3) is 3.44. The minimum absolute atomic E-state index is 0.0661. The van der Waals surface area contributed by atoms with E-state index in [1.54, 1.807) is 0 Å². The molecule has 1 unspecified atom stereocenters. The van der Waals surface area contributed by atoms with Crippen LogP contribution in [0.3, 0.4) is 0 Å². The molecule has 2 aromatic rings. The number of hydrogen-bond donors (Lipinski definition) is 2. The Morgan fingerprint density at radius 3 is 2.75 bits per heavy atom. The second-order valence-electron chi connectivity index (χ2n) is 4.62. The Morgan fingerprint density at radius 1 is 1.30 bits per heavy atom. The van der Waals surface area contributed by atoms with Gasteiger partial charge in [0, 0.05) is 24.0 Å². The van der Waals surface area contributed by atoms with Crippen molar-refractivity contribution >= 4 is 21.0 Å². The summed E-state index contributed by atoms with van der Waals surface area (Å²) in [7, 11) is -3.58. The van der Waals surface area contributed by atoms with Crippen LogP contribution in [0.15, 0.2) is 44.4 Å². The van der Waals surface area contributed by atoms with Crippen molar-refractivity contribution in [1.82, 2.24) is 4.72 Å². The maximum atomic E-state index is 12.1. The van der Waals surface area contributed by atoms with E-state index in [1.165, 1.54) is 30.3 Å². The summed E-state index contributed by atoms with van der Waals surface area (Å²) in [5.41, 5.74) is 5.46. The summed E-state index contributed by atoms with van der Waals surface area (Å²) < 4.78 is 31.6. The van der Waals surface area contributed by atoms with Crippen LogP contribution in [0.25, 0.3) is 11.0 Å². The molecule has 1 aromatic heterocycles. The molecule has 3 N–H and O–H groups in total. The van der Waals surface area contributed by atoms with E-state index in [4.69, 9.17) is 10.2 Å². The molecule has 0 radical (unpaired) electrons. The van der Waals surface area contributed by atoms with E-state index in [1.807, 2.05) is 6.92 Å². The van der Waals surface area contributed by atoms with Gasteiger partial charge < -0.3 is 10.2 Å². The lowest BCUT2D eigenvalue weighted by atomic mass is 10.2. The third-order valence-corrected chi connectivity index (χ3v) is 4.25. The van der Waals surface area contributed by atoms with Gasteiger partial charge in [-0.1, -0.05) is 0 Å². The van der Waals surface area contributed by atoms with Crippen LogP contribution in [-0.4, -0.2) is 21.0 Å². The summed E-state index contributed by atoms with van der Waals surface area (Å²) in [4.78, 5) is 11.2. The summed E-state index contributed by atoms with van der Waals surface area (Å²) in [6, 6.07) is 7.05. The van der Waals surface area contributed by atoms with Crippen molar-refractivity contribution in [3.8, 4) is 0 Å².